The van der Waals surface area contributed by atoms with Crippen molar-refractivity contribution in [2.45, 2.75) is 18.9 Å². The van der Waals surface area contributed by atoms with Crippen LogP contribution in [0.1, 0.15) is 12.8 Å². The summed E-state index contributed by atoms with van der Waals surface area (Å²) in [5, 5.41) is 8.06. The predicted molar refractivity (Wildman–Crippen MR) is 90.2 cm³/mol. The van der Waals surface area contributed by atoms with Crippen LogP contribution in [0.25, 0.3) is 21.3 Å². The molecule has 0 amide bonds. The molecule has 0 radical (unpaired) electrons. The molecular formula is C16H17N5S. The molecule has 0 bridgehead atoms. The maximum atomic E-state index is 4.46. The molecule has 1 atom stereocenters. The Morgan fingerprint density at radius 1 is 1.27 bits per heavy atom. The van der Waals surface area contributed by atoms with Gasteiger partial charge >= 0.3 is 0 Å². The summed E-state index contributed by atoms with van der Waals surface area (Å²) >= 11 is 1.64. The summed E-state index contributed by atoms with van der Waals surface area (Å²) in [4.78, 5) is 14.2. The molecule has 1 aromatic carbocycles. The lowest BCUT2D eigenvalue weighted by molar-refractivity contribution is 0.479. The minimum atomic E-state index is 0.430. The van der Waals surface area contributed by atoms with Gasteiger partial charge in [-0.1, -0.05) is 6.07 Å². The number of anilines is 1. The summed E-state index contributed by atoms with van der Waals surface area (Å²) in [7, 11) is 0. The summed E-state index contributed by atoms with van der Waals surface area (Å²) in [6.45, 7) is 2.10. The van der Waals surface area contributed by atoms with Crippen molar-refractivity contribution < 1.29 is 0 Å². The number of thiazole rings is 1. The van der Waals surface area contributed by atoms with E-state index in [1.165, 1.54) is 12.8 Å². The van der Waals surface area contributed by atoms with Crippen LogP contribution in [-0.4, -0.2) is 34.1 Å². The first kappa shape index (κ1) is 13.6. The SMILES string of the molecule is c1nc(NC2CCCNC2)c2cc(-c3cncs3)ccc2n1. The molecule has 0 spiro atoms. The molecule has 6 heteroatoms. The molecule has 1 saturated heterocycles. The molecule has 22 heavy (non-hydrogen) atoms. The van der Waals surface area contributed by atoms with Crippen molar-refractivity contribution in [1.82, 2.24) is 20.3 Å². The third-order valence-electron chi connectivity index (χ3n) is 3.99. The monoisotopic (exact) mass is 311 g/mol. The second kappa shape index (κ2) is 5.98. The van der Waals surface area contributed by atoms with Crippen LogP contribution in [0.15, 0.2) is 36.2 Å². The van der Waals surface area contributed by atoms with Gasteiger partial charge in [0.1, 0.15) is 12.1 Å². The minimum absolute atomic E-state index is 0.430. The summed E-state index contributed by atoms with van der Waals surface area (Å²) in [6.07, 6.45) is 5.90. The highest BCUT2D eigenvalue weighted by molar-refractivity contribution is 7.13. The van der Waals surface area contributed by atoms with Crippen LogP contribution in [-0.2, 0) is 0 Å². The van der Waals surface area contributed by atoms with E-state index >= 15 is 0 Å². The first-order valence-corrected chi connectivity index (χ1v) is 8.39. The molecule has 2 N–H and O–H groups in total. The van der Waals surface area contributed by atoms with Crippen molar-refractivity contribution in [1.29, 1.82) is 0 Å². The Labute approximate surface area is 132 Å². The summed E-state index contributed by atoms with van der Waals surface area (Å²) in [5.74, 6) is 0.921. The molecule has 3 aromatic rings. The van der Waals surface area contributed by atoms with Gasteiger partial charge in [0.25, 0.3) is 0 Å². The Morgan fingerprint density at radius 3 is 3.09 bits per heavy atom. The molecule has 3 heterocycles. The zero-order chi connectivity index (χ0) is 14.8. The molecule has 1 fully saturated rings. The van der Waals surface area contributed by atoms with E-state index in [2.05, 4.69) is 43.8 Å². The lowest BCUT2D eigenvalue weighted by atomic mass is 10.1. The van der Waals surface area contributed by atoms with E-state index in [9.17, 15) is 0 Å². The number of hydrogen-bond acceptors (Lipinski definition) is 6. The van der Waals surface area contributed by atoms with Gasteiger partial charge in [-0.05, 0) is 37.1 Å². The topological polar surface area (TPSA) is 62.7 Å². The van der Waals surface area contributed by atoms with E-state index in [1.807, 2.05) is 11.7 Å². The quantitative estimate of drug-likeness (QED) is 0.779. The normalized spacial score (nSPS) is 18.5. The van der Waals surface area contributed by atoms with Gasteiger partial charge in [-0.3, -0.25) is 4.98 Å². The first-order chi connectivity index (χ1) is 10.9. The van der Waals surface area contributed by atoms with E-state index in [1.54, 1.807) is 17.7 Å². The zero-order valence-electron chi connectivity index (χ0n) is 12.1. The Kier molecular flexibility index (Phi) is 3.70. The maximum absolute atomic E-state index is 4.46. The van der Waals surface area contributed by atoms with Gasteiger partial charge in [0.2, 0.25) is 0 Å². The molecule has 112 valence electrons. The minimum Gasteiger partial charge on any atom is -0.365 e. The van der Waals surface area contributed by atoms with E-state index in [0.29, 0.717) is 6.04 Å². The molecule has 2 aromatic heterocycles. The molecule has 5 nitrogen and oxygen atoms in total. The van der Waals surface area contributed by atoms with Gasteiger partial charge in [-0.15, -0.1) is 11.3 Å². The second-order valence-corrected chi connectivity index (χ2v) is 6.39. The Hall–Kier alpha value is -2.05. The molecule has 1 unspecified atom stereocenters. The fourth-order valence-electron chi connectivity index (χ4n) is 2.85. The number of benzene rings is 1. The van der Waals surface area contributed by atoms with Crippen molar-refractivity contribution in [3.8, 4) is 10.4 Å². The van der Waals surface area contributed by atoms with Gasteiger partial charge in [0, 0.05) is 24.2 Å². The fourth-order valence-corrected chi connectivity index (χ4v) is 3.47. The molecule has 0 saturated carbocycles. The van der Waals surface area contributed by atoms with Crippen LogP contribution >= 0.6 is 11.3 Å². The lowest BCUT2D eigenvalue weighted by Crippen LogP contribution is -2.38. The van der Waals surface area contributed by atoms with Gasteiger partial charge in [0.05, 0.1) is 15.9 Å². The number of aromatic nitrogens is 3. The average molecular weight is 311 g/mol. The zero-order valence-corrected chi connectivity index (χ0v) is 12.9. The number of nitrogens with zero attached hydrogens (tertiary/aromatic N) is 3. The van der Waals surface area contributed by atoms with Crippen molar-refractivity contribution in [3.63, 3.8) is 0 Å². The lowest BCUT2D eigenvalue weighted by Gasteiger charge is -2.24. The Morgan fingerprint density at radius 2 is 2.27 bits per heavy atom. The van der Waals surface area contributed by atoms with Crippen molar-refractivity contribution >= 4 is 28.1 Å². The van der Waals surface area contributed by atoms with Crippen LogP contribution < -0.4 is 10.6 Å². The van der Waals surface area contributed by atoms with Crippen molar-refractivity contribution in [3.05, 3.63) is 36.2 Å². The average Bonchev–Trinajstić information content (AvgIpc) is 3.10. The molecular weight excluding hydrogens is 294 g/mol. The van der Waals surface area contributed by atoms with Crippen molar-refractivity contribution in [2.75, 3.05) is 18.4 Å². The molecule has 1 aliphatic rings. The number of rotatable bonds is 3. The highest BCUT2D eigenvalue weighted by Gasteiger charge is 2.15. The summed E-state index contributed by atoms with van der Waals surface area (Å²) in [6, 6.07) is 6.73. The second-order valence-electron chi connectivity index (χ2n) is 5.51. The molecule has 4 rings (SSSR count). The number of piperidine rings is 1. The van der Waals surface area contributed by atoms with E-state index in [-0.39, 0.29) is 0 Å². The van der Waals surface area contributed by atoms with Crippen LogP contribution in [0.2, 0.25) is 0 Å². The predicted octanol–water partition coefficient (Wildman–Crippen LogP) is 2.92. The smallest absolute Gasteiger partial charge is 0.137 e. The van der Waals surface area contributed by atoms with Crippen LogP contribution in [0.4, 0.5) is 5.82 Å². The maximum Gasteiger partial charge on any atom is 0.137 e. The standard InChI is InChI=1S/C16H17N5S/c1-2-12(7-17-5-1)21-16-13-6-11(15-8-18-10-22-15)3-4-14(13)19-9-20-16/h3-4,6,8-10,12,17H,1-2,5,7H2,(H,19,20,21). The molecule has 0 aliphatic carbocycles. The van der Waals surface area contributed by atoms with E-state index < -0.39 is 0 Å². The van der Waals surface area contributed by atoms with Crippen LogP contribution in [0.5, 0.6) is 0 Å². The largest absolute Gasteiger partial charge is 0.365 e. The highest BCUT2D eigenvalue weighted by atomic mass is 32.1. The first-order valence-electron chi connectivity index (χ1n) is 7.51. The summed E-state index contributed by atoms with van der Waals surface area (Å²) < 4.78 is 0. The van der Waals surface area contributed by atoms with E-state index in [0.717, 1.165) is 40.3 Å². The van der Waals surface area contributed by atoms with Crippen LogP contribution in [0, 0.1) is 0 Å². The summed E-state index contributed by atoms with van der Waals surface area (Å²) in [5.41, 5.74) is 3.98. The van der Waals surface area contributed by atoms with Crippen LogP contribution in [0.3, 0.4) is 0 Å². The Balaban J connectivity index is 1.72. The van der Waals surface area contributed by atoms with Gasteiger partial charge in [0.15, 0.2) is 0 Å². The number of hydrogen-bond donors (Lipinski definition) is 2. The van der Waals surface area contributed by atoms with Gasteiger partial charge < -0.3 is 10.6 Å². The fraction of sp³-hybridized carbons (Fsp3) is 0.312. The van der Waals surface area contributed by atoms with E-state index in [4.69, 9.17) is 0 Å². The highest BCUT2D eigenvalue weighted by Crippen LogP contribution is 2.29. The van der Waals surface area contributed by atoms with Gasteiger partial charge in [-0.2, -0.15) is 0 Å². The number of fused-ring (bicyclic) bond motifs is 1. The van der Waals surface area contributed by atoms with Gasteiger partial charge in [-0.25, -0.2) is 9.97 Å². The third-order valence-corrected chi connectivity index (χ3v) is 4.81. The molecule has 1 aliphatic heterocycles. The Bertz CT molecular complexity index is 765. The number of nitrogens with one attached hydrogen (secondary N) is 2. The third kappa shape index (κ3) is 2.67. The van der Waals surface area contributed by atoms with Crippen molar-refractivity contribution in [2.24, 2.45) is 0 Å².